The van der Waals surface area contributed by atoms with Crippen molar-refractivity contribution in [2.45, 2.75) is 25.9 Å². The Hall–Kier alpha value is -3.69. The van der Waals surface area contributed by atoms with E-state index in [4.69, 9.17) is 14.1 Å². The number of nitrogens with zero attached hydrogens (tertiary/aromatic N) is 5. The molecule has 0 spiro atoms. The van der Waals surface area contributed by atoms with E-state index >= 15 is 0 Å². The van der Waals surface area contributed by atoms with Gasteiger partial charge in [0, 0.05) is 38.0 Å². The van der Waals surface area contributed by atoms with Crippen LogP contribution in [0.1, 0.15) is 25.1 Å². The van der Waals surface area contributed by atoms with Crippen LogP contribution in [0.25, 0.3) is 34.3 Å². The molecule has 1 aliphatic heterocycles. The van der Waals surface area contributed by atoms with Crippen LogP contribution in [0.2, 0.25) is 0 Å². The second kappa shape index (κ2) is 9.05. The molecule has 4 heterocycles. The molecule has 1 aromatic carbocycles. The van der Waals surface area contributed by atoms with Gasteiger partial charge in [0.2, 0.25) is 5.89 Å². The lowest BCUT2D eigenvalue weighted by molar-refractivity contribution is 0.186. The van der Waals surface area contributed by atoms with Gasteiger partial charge in [-0.25, -0.2) is 4.98 Å². The van der Waals surface area contributed by atoms with Crippen molar-refractivity contribution in [3.8, 4) is 34.3 Å². The number of nitrogens with one attached hydrogen (secondary N) is 1. The second-order valence-electron chi connectivity index (χ2n) is 8.01. The van der Waals surface area contributed by atoms with Gasteiger partial charge in [-0.2, -0.15) is 0 Å². The predicted molar refractivity (Wildman–Crippen MR) is 125 cm³/mol. The zero-order valence-electron chi connectivity index (χ0n) is 18.5. The zero-order chi connectivity index (χ0) is 22.8. The standard InChI is InChI=1S/C24H24N6O3.H2/c1-15-22(24-29-28-23(33-24)17-5-3-16(4-6-17)11-25-2)27-20(12-26-15)18-7-8-21(31)30(13-18)19-9-10-32-14-19;/h3-8,12-13,19,25H,9-11,14H2,1-2H3;1H. The molecule has 170 valence electrons. The zero-order valence-corrected chi connectivity index (χ0v) is 18.5. The Labute approximate surface area is 192 Å². The summed E-state index contributed by atoms with van der Waals surface area (Å²) in [5.41, 5.74) is 4.55. The largest absolute Gasteiger partial charge is 0.415 e. The van der Waals surface area contributed by atoms with Crippen LogP contribution in [0.3, 0.4) is 0 Å². The van der Waals surface area contributed by atoms with Crippen LogP contribution < -0.4 is 10.9 Å². The molecule has 33 heavy (non-hydrogen) atoms. The summed E-state index contributed by atoms with van der Waals surface area (Å²) in [5, 5.41) is 11.5. The molecule has 0 amide bonds. The van der Waals surface area contributed by atoms with E-state index in [1.807, 2.05) is 44.4 Å². The number of aryl methyl sites for hydroxylation is 1. The molecule has 3 aromatic heterocycles. The van der Waals surface area contributed by atoms with Gasteiger partial charge in [-0.15, -0.1) is 10.2 Å². The van der Waals surface area contributed by atoms with E-state index in [2.05, 4.69) is 20.5 Å². The third-order valence-electron chi connectivity index (χ3n) is 5.70. The van der Waals surface area contributed by atoms with Crippen molar-refractivity contribution in [1.82, 2.24) is 30.0 Å². The van der Waals surface area contributed by atoms with Gasteiger partial charge in [0.25, 0.3) is 11.4 Å². The molecule has 5 rings (SSSR count). The molecule has 4 aromatic rings. The fraction of sp³-hybridized carbons (Fsp3) is 0.292. The first-order valence-corrected chi connectivity index (χ1v) is 10.8. The van der Waals surface area contributed by atoms with Gasteiger partial charge in [0.05, 0.1) is 30.2 Å². The summed E-state index contributed by atoms with van der Waals surface area (Å²) in [6.45, 7) is 3.83. The van der Waals surface area contributed by atoms with Crippen molar-refractivity contribution in [2.24, 2.45) is 0 Å². The van der Waals surface area contributed by atoms with Crippen molar-refractivity contribution in [2.75, 3.05) is 20.3 Å². The molecule has 0 radical (unpaired) electrons. The van der Waals surface area contributed by atoms with Crippen molar-refractivity contribution in [1.29, 1.82) is 0 Å². The van der Waals surface area contributed by atoms with Crippen LogP contribution in [0, 0.1) is 6.92 Å². The van der Waals surface area contributed by atoms with E-state index < -0.39 is 0 Å². The number of benzene rings is 1. The quantitative estimate of drug-likeness (QED) is 0.481. The molecule has 1 N–H and O–H groups in total. The van der Waals surface area contributed by atoms with Gasteiger partial charge in [-0.1, -0.05) is 12.1 Å². The summed E-state index contributed by atoms with van der Waals surface area (Å²) >= 11 is 0. The molecular formula is C24H26N6O3. The highest BCUT2D eigenvalue weighted by Gasteiger charge is 2.20. The number of pyridine rings is 1. The van der Waals surface area contributed by atoms with Gasteiger partial charge in [-0.3, -0.25) is 9.78 Å². The molecule has 0 bridgehead atoms. The molecule has 0 aliphatic carbocycles. The number of hydrogen-bond donors (Lipinski definition) is 1. The highest BCUT2D eigenvalue weighted by molar-refractivity contribution is 5.63. The highest BCUT2D eigenvalue weighted by Crippen LogP contribution is 2.27. The minimum Gasteiger partial charge on any atom is -0.415 e. The lowest BCUT2D eigenvalue weighted by atomic mass is 10.1. The van der Waals surface area contributed by atoms with E-state index in [-0.39, 0.29) is 13.0 Å². The third-order valence-corrected chi connectivity index (χ3v) is 5.70. The summed E-state index contributed by atoms with van der Waals surface area (Å²) in [6, 6.07) is 11.3. The Bertz CT molecular complexity index is 1330. The van der Waals surface area contributed by atoms with Gasteiger partial charge in [0.15, 0.2) is 0 Å². The first-order chi connectivity index (χ1) is 16.1. The summed E-state index contributed by atoms with van der Waals surface area (Å²) in [5.74, 6) is 0.719. The molecule has 0 saturated carbocycles. The summed E-state index contributed by atoms with van der Waals surface area (Å²) in [7, 11) is 1.91. The molecule has 1 aliphatic rings. The lowest BCUT2D eigenvalue weighted by Gasteiger charge is -2.13. The van der Waals surface area contributed by atoms with Gasteiger partial charge in [-0.05, 0) is 44.2 Å². The van der Waals surface area contributed by atoms with Crippen molar-refractivity contribution in [3.63, 3.8) is 0 Å². The minimum absolute atomic E-state index is 0. The lowest BCUT2D eigenvalue weighted by Crippen LogP contribution is -2.23. The number of ether oxygens (including phenoxy) is 1. The summed E-state index contributed by atoms with van der Waals surface area (Å²) < 4.78 is 13.1. The van der Waals surface area contributed by atoms with Gasteiger partial charge < -0.3 is 19.0 Å². The first-order valence-electron chi connectivity index (χ1n) is 10.8. The topological polar surface area (TPSA) is 108 Å². The number of rotatable bonds is 6. The Morgan fingerprint density at radius 1 is 1.12 bits per heavy atom. The monoisotopic (exact) mass is 446 g/mol. The fourth-order valence-electron chi connectivity index (χ4n) is 3.88. The average Bonchev–Trinajstić information content (AvgIpc) is 3.53. The van der Waals surface area contributed by atoms with Crippen LogP contribution in [0.15, 0.2) is 58.0 Å². The van der Waals surface area contributed by atoms with E-state index in [1.54, 1.807) is 22.9 Å². The molecular weight excluding hydrogens is 420 g/mol. The Morgan fingerprint density at radius 3 is 2.67 bits per heavy atom. The van der Waals surface area contributed by atoms with Gasteiger partial charge >= 0.3 is 0 Å². The Kier molecular flexibility index (Phi) is 5.80. The Morgan fingerprint density at radius 2 is 1.91 bits per heavy atom. The number of hydrogen-bond acceptors (Lipinski definition) is 8. The molecule has 9 nitrogen and oxygen atoms in total. The van der Waals surface area contributed by atoms with Gasteiger partial charge in [0.1, 0.15) is 5.69 Å². The smallest absolute Gasteiger partial charge is 0.268 e. The van der Waals surface area contributed by atoms with Crippen molar-refractivity contribution >= 4 is 0 Å². The number of aromatic nitrogens is 5. The Balaban J connectivity index is 0.00000274. The van der Waals surface area contributed by atoms with E-state index in [9.17, 15) is 4.79 Å². The van der Waals surface area contributed by atoms with E-state index in [1.165, 1.54) is 5.56 Å². The predicted octanol–water partition coefficient (Wildman–Crippen LogP) is 3.26. The van der Waals surface area contributed by atoms with Crippen LogP contribution in [-0.4, -0.2) is 45.0 Å². The molecule has 1 unspecified atom stereocenters. The maximum atomic E-state index is 12.4. The van der Waals surface area contributed by atoms with Crippen LogP contribution in [0.4, 0.5) is 0 Å². The fourth-order valence-corrected chi connectivity index (χ4v) is 3.88. The van der Waals surface area contributed by atoms with Crippen LogP contribution >= 0.6 is 0 Å². The van der Waals surface area contributed by atoms with Crippen molar-refractivity contribution in [3.05, 3.63) is 70.4 Å². The van der Waals surface area contributed by atoms with E-state index in [0.29, 0.717) is 42.1 Å². The maximum absolute atomic E-state index is 12.4. The summed E-state index contributed by atoms with van der Waals surface area (Å²) in [6.07, 6.45) is 4.32. The maximum Gasteiger partial charge on any atom is 0.268 e. The second-order valence-corrected chi connectivity index (χ2v) is 8.01. The van der Waals surface area contributed by atoms with Crippen LogP contribution in [0.5, 0.6) is 0 Å². The average molecular weight is 447 g/mol. The van der Waals surface area contributed by atoms with Crippen molar-refractivity contribution < 1.29 is 10.6 Å². The normalized spacial score (nSPS) is 15.8. The minimum atomic E-state index is -0.0585. The summed E-state index contributed by atoms with van der Waals surface area (Å²) in [4.78, 5) is 21.6. The van der Waals surface area contributed by atoms with Crippen LogP contribution in [-0.2, 0) is 11.3 Å². The molecule has 1 saturated heterocycles. The molecule has 1 atom stereocenters. The first kappa shape index (κ1) is 21.2. The molecule has 1 fully saturated rings. The third kappa shape index (κ3) is 4.33. The SMILES string of the molecule is CNCc1ccc(-c2nnc(-c3nc(-c4ccc(=O)n(C5CCOC5)c4)cnc3C)o2)cc1.[HH]. The van der Waals surface area contributed by atoms with E-state index in [0.717, 1.165) is 24.1 Å². The molecule has 9 heteroatoms. The highest BCUT2D eigenvalue weighted by atomic mass is 16.5.